The lowest BCUT2D eigenvalue weighted by Gasteiger charge is -2.13. The number of hydrogen-bond donors (Lipinski definition) is 0. The zero-order valence-corrected chi connectivity index (χ0v) is 8.12. The molecule has 0 unspecified atom stereocenters. The van der Waals surface area contributed by atoms with Crippen molar-refractivity contribution in [2.24, 2.45) is 0 Å². The maximum atomic E-state index is 5.05. The molecule has 0 aliphatic heterocycles. The van der Waals surface area contributed by atoms with Crippen molar-refractivity contribution in [3.05, 3.63) is 17.5 Å². The lowest BCUT2D eigenvalue weighted by atomic mass is 9.98. The fraction of sp³-hybridized carbons (Fsp3) is 0.700. The summed E-state index contributed by atoms with van der Waals surface area (Å²) in [6.07, 6.45) is 7.06. The molecule has 1 aliphatic carbocycles. The number of rotatable bonds is 3. The second-order valence-corrected chi connectivity index (χ2v) is 3.54. The Balaban J connectivity index is 2.12. The monoisotopic (exact) mass is 180 g/mol. The molecular weight excluding hydrogens is 164 g/mol. The van der Waals surface area contributed by atoms with E-state index >= 15 is 0 Å². The van der Waals surface area contributed by atoms with Crippen LogP contribution in [-0.4, -0.2) is 23.5 Å². The molecule has 13 heavy (non-hydrogen) atoms. The van der Waals surface area contributed by atoms with Crippen molar-refractivity contribution in [1.82, 2.24) is 9.78 Å². The van der Waals surface area contributed by atoms with E-state index in [0.29, 0.717) is 0 Å². The van der Waals surface area contributed by atoms with Crippen molar-refractivity contribution in [3.63, 3.8) is 0 Å². The van der Waals surface area contributed by atoms with E-state index in [4.69, 9.17) is 4.74 Å². The Bertz CT molecular complexity index is 280. The van der Waals surface area contributed by atoms with E-state index in [0.717, 1.165) is 13.2 Å². The Morgan fingerprint density at radius 1 is 1.46 bits per heavy atom. The van der Waals surface area contributed by atoms with Crippen LogP contribution in [0.1, 0.15) is 24.1 Å². The van der Waals surface area contributed by atoms with Gasteiger partial charge in [0.25, 0.3) is 0 Å². The van der Waals surface area contributed by atoms with Crippen LogP contribution < -0.4 is 0 Å². The number of ether oxygens (including phenoxy) is 1. The maximum absolute atomic E-state index is 5.05. The highest BCUT2D eigenvalue weighted by Crippen LogP contribution is 2.20. The van der Waals surface area contributed by atoms with Gasteiger partial charge in [0.05, 0.1) is 19.3 Å². The molecule has 0 atom stereocenters. The van der Waals surface area contributed by atoms with Gasteiger partial charge >= 0.3 is 0 Å². The maximum Gasteiger partial charge on any atom is 0.0658 e. The molecule has 3 nitrogen and oxygen atoms in total. The predicted molar refractivity (Wildman–Crippen MR) is 50.7 cm³/mol. The van der Waals surface area contributed by atoms with Crippen LogP contribution in [0.2, 0.25) is 0 Å². The Kier molecular flexibility index (Phi) is 2.64. The highest BCUT2D eigenvalue weighted by Gasteiger charge is 2.13. The zero-order chi connectivity index (χ0) is 9.10. The first-order chi connectivity index (χ1) is 6.42. The zero-order valence-electron chi connectivity index (χ0n) is 8.12. The van der Waals surface area contributed by atoms with Crippen LogP contribution in [0.5, 0.6) is 0 Å². The van der Waals surface area contributed by atoms with Gasteiger partial charge in [-0.3, -0.25) is 4.68 Å². The minimum atomic E-state index is 0.758. The summed E-state index contributed by atoms with van der Waals surface area (Å²) in [7, 11) is 1.73. The van der Waals surface area contributed by atoms with Gasteiger partial charge < -0.3 is 4.74 Å². The fourth-order valence-corrected chi connectivity index (χ4v) is 1.93. The van der Waals surface area contributed by atoms with Gasteiger partial charge in [-0.15, -0.1) is 0 Å². The lowest BCUT2D eigenvalue weighted by Crippen LogP contribution is -2.12. The number of nitrogens with zero attached hydrogens (tertiary/aromatic N) is 2. The summed E-state index contributed by atoms with van der Waals surface area (Å²) in [6.45, 7) is 1.65. The first-order valence-electron chi connectivity index (χ1n) is 4.94. The SMILES string of the molecule is COCCn1ncc2c1CCCC2. The van der Waals surface area contributed by atoms with Crippen molar-refractivity contribution in [3.8, 4) is 0 Å². The standard InChI is InChI=1S/C10H16N2O/c1-13-7-6-12-10-5-3-2-4-9(10)8-11-12/h8H,2-7H2,1H3. The highest BCUT2D eigenvalue weighted by atomic mass is 16.5. The molecule has 0 saturated heterocycles. The normalized spacial score (nSPS) is 15.8. The third-order valence-corrected chi connectivity index (χ3v) is 2.65. The third-order valence-electron chi connectivity index (χ3n) is 2.65. The summed E-state index contributed by atoms with van der Waals surface area (Å²) in [5, 5.41) is 4.37. The van der Waals surface area contributed by atoms with Crippen LogP contribution in [-0.2, 0) is 24.1 Å². The number of hydrogen-bond acceptors (Lipinski definition) is 2. The van der Waals surface area contributed by atoms with E-state index in [1.165, 1.54) is 36.9 Å². The Morgan fingerprint density at radius 3 is 3.15 bits per heavy atom. The summed E-state index contributed by atoms with van der Waals surface area (Å²) in [5.74, 6) is 0. The average molecular weight is 180 g/mol. The van der Waals surface area contributed by atoms with Gasteiger partial charge in [-0.05, 0) is 31.2 Å². The molecule has 1 aromatic heterocycles. The van der Waals surface area contributed by atoms with Crippen molar-refractivity contribution in [1.29, 1.82) is 0 Å². The average Bonchev–Trinajstić information content (AvgIpc) is 2.58. The van der Waals surface area contributed by atoms with Gasteiger partial charge in [0.1, 0.15) is 0 Å². The number of fused-ring (bicyclic) bond motifs is 1. The molecular formula is C10H16N2O. The predicted octanol–water partition coefficient (Wildman–Crippen LogP) is 1.41. The van der Waals surface area contributed by atoms with Crippen LogP contribution >= 0.6 is 0 Å². The molecule has 0 radical (unpaired) electrons. The molecule has 0 saturated carbocycles. The third kappa shape index (κ3) is 1.75. The number of methoxy groups -OCH3 is 1. The van der Waals surface area contributed by atoms with Crippen molar-refractivity contribution < 1.29 is 4.74 Å². The minimum absolute atomic E-state index is 0.758. The molecule has 0 N–H and O–H groups in total. The van der Waals surface area contributed by atoms with E-state index in [1.54, 1.807) is 7.11 Å². The van der Waals surface area contributed by atoms with E-state index in [1.807, 2.05) is 6.20 Å². The molecule has 72 valence electrons. The van der Waals surface area contributed by atoms with Crippen LogP contribution in [0.3, 0.4) is 0 Å². The number of aryl methyl sites for hydroxylation is 1. The van der Waals surface area contributed by atoms with Crippen LogP contribution in [0.25, 0.3) is 0 Å². The second-order valence-electron chi connectivity index (χ2n) is 3.54. The Labute approximate surface area is 78.7 Å². The molecule has 2 rings (SSSR count). The first kappa shape index (κ1) is 8.75. The largest absolute Gasteiger partial charge is 0.383 e. The van der Waals surface area contributed by atoms with Crippen LogP contribution in [0.4, 0.5) is 0 Å². The first-order valence-corrected chi connectivity index (χ1v) is 4.94. The summed E-state index contributed by atoms with van der Waals surface area (Å²) in [6, 6.07) is 0. The van der Waals surface area contributed by atoms with Gasteiger partial charge in [0, 0.05) is 12.8 Å². The topological polar surface area (TPSA) is 27.1 Å². The smallest absolute Gasteiger partial charge is 0.0658 e. The second kappa shape index (κ2) is 3.92. The van der Waals surface area contributed by atoms with Gasteiger partial charge in [0.15, 0.2) is 0 Å². The van der Waals surface area contributed by atoms with E-state index < -0.39 is 0 Å². The minimum Gasteiger partial charge on any atom is -0.383 e. The summed E-state index contributed by atoms with van der Waals surface area (Å²) in [4.78, 5) is 0. The van der Waals surface area contributed by atoms with Crippen LogP contribution in [0.15, 0.2) is 6.20 Å². The summed E-state index contributed by atoms with van der Waals surface area (Å²) >= 11 is 0. The van der Waals surface area contributed by atoms with E-state index in [2.05, 4.69) is 9.78 Å². The molecule has 0 amide bonds. The van der Waals surface area contributed by atoms with Crippen molar-refractivity contribution >= 4 is 0 Å². The molecule has 0 fully saturated rings. The molecule has 0 aromatic carbocycles. The molecule has 1 aromatic rings. The van der Waals surface area contributed by atoms with Crippen molar-refractivity contribution in [2.75, 3.05) is 13.7 Å². The van der Waals surface area contributed by atoms with E-state index in [9.17, 15) is 0 Å². The molecule has 0 bridgehead atoms. The number of aromatic nitrogens is 2. The highest BCUT2D eigenvalue weighted by molar-refractivity contribution is 5.20. The van der Waals surface area contributed by atoms with Gasteiger partial charge in [-0.25, -0.2) is 0 Å². The molecule has 1 heterocycles. The van der Waals surface area contributed by atoms with Gasteiger partial charge in [-0.2, -0.15) is 5.10 Å². The quantitative estimate of drug-likeness (QED) is 0.703. The van der Waals surface area contributed by atoms with Gasteiger partial charge in [-0.1, -0.05) is 0 Å². The van der Waals surface area contributed by atoms with Crippen LogP contribution in [0, 0.1) is 0 Å². The Hall–Kier alpha value is -0.830. The Morgan fingerprint density at radius 2 is 2.31 bits per heavy atom. The van der Waals surface area contributed by atoms with Gasteiger partial charge in [0.2, 0.25) is 0 Å². The molecule has 0 spiro atoms. The van der Waals surface area contributed by atoms with Crippen molar-refractivity contribution in [2.45, 2.75) is 32.2 Å². The lowest BCUT2D eigenvalue weighted by molar-refractivity contribution is 0.182. The molecule has 1 aliphatic rings. The fourth-order valence-electron chi connectivity index (χ4n) is 1.93. The summed E-state index contributed by atoms with van der Waals surface area (Å²) < 4.78 is 7.14. The summed E-state index contributed by atoms with van der Waals surface area (Å²) in [5.41, 5.74) is 2.88. The molecule has 3 heteroatoms. The van der Waals surface area contributed by atoms with E-state index in [-0.39, 0.29) is 0 Å².